The van der Waals surface area contributed by atoms with Crippen LogP contribution in [0.2, 0.25) is 0 Å². The Hall–Kier alpha value is -0.720. The number of hydrogen-bond donors (Lipinski definition) is 1. The Kier molecular flexibility index (Phi) is 5.35. The molecule has 0 radical (unpaired) electrons. The summed E-state index contributed by atoms with van der Waals surface area (Å²) in [5.74, 6) is -0.614. The molecular weight excluding hydrogens is 363 g/mol. The molecule has 1 unspecified atom stereocenters. The number of aromatic nitrogens is 1. The highest BCUT2D eigenvalue weighted by atomic mass is 79.9. The van der Waals surface area contributed by atoms with E-state index in [4.69, 9.17) is 9.05 Å². The van der Waals surface area contributed by atoms with Crippen LogP contribution in [0, 0.1) is 0 Å². The zero-order chi connectivity index (χ0) is 14.6. The number of halogens is 1. The molecule has 0 bridgehead atoms. The predicted molar refractivity (Wildman–Crippen MR) is 84.2 cm³/mol. The number of rotatable bonds is 6. The van der Waals surface area contributed by atoms with Crippen molar-refractivity contribution >= 4 is 40.0 Å². The van der Waals surface area contributed by atoms with E-state index in [1.807, 2.05) is 29.6 Å². The first-order chi connectivity index (χ1) is 9.59. The molecule has 2 rings (SSSR count). The van der Waals surface area contributed by atoms with E-state index >= 15 is 0 Å². The summed E-state index contributed by atoms with van der Waals surface area (Å²) in [7, 11) is -0.580. The lowest BCUT2D eigenvalue weighted by molar-refractivity contribution is 0.268. The van der Waals surface area contributed by atoms with Crippen LogP contribution in [-0.2, 0) is 13.6 Å². The van der Waals surface area contributed by atoms with Gasteiger partial charge in [-0.1, -0.05) is 28.1 Å². The van der Waals surface area contributed by atoms with E-state index in [1.54, 1.807) is 6.20 Å². The van der Waals surface area contributed by atoms with Gasteiger partial charge in [-0.25, -0.2) is 4.98 Å². The lowest BCUT2D eigenvalue weighted by atomic mass is 10.2. The van der Waals surface area contributed by atoms with Crippen LogP contribution >= 0.6 is 34.9 Å². The van der Waals surface area contributed by atoms with Crippen LogP contribution < -0.4 is 5.32 Å². The van der Waals surface area contributed by atoms with E-state index in [-0.39, 0.29) is 0 Å². The lowest BCUT2D eigenvalue weighted by Crippen LogP contribution is -2.13. The first kappa shape index (κ1) is 15.7. The number of nitrogens with zero attached hydrogens (tertiary/aromatic N) is 1. The van der Waals surface area contributed by atoms with Crippen molar-refractivity contribution in [1.82, 2.24) is 4.98 Å². The van der Waals surface area contributed by atoms with E-state index in [1.165, 1.54) is 25.6 Å². The third kappa shape index (κ3) is 3.48. The fourth-order valence-electron chi connectivity index (χ4n) is 1.69. The van der Waals surface area contributed by atoms with Crippen LogP contribution in [0.4, 0.5) is 5.13 Å². The third-order valence-electron chi connectivity index (χ3n) is 2.70. The van der Waals surface area contributed by atoms with Crippen molar-refractivity contribution in [3.05, 3.63) is 45.9 Å². The predicted octanol–water partition coefficient (Wildman–Crippen LogP) is 4.50. The quantitative estimate of drug-likeness (QED) is 0.751. The van der Waals surface area contributed by atoms with Gasteiger partial charge in [0.2, 0.25) is 0 Å². The van der Waals surface area contributed by atoms with Gasteiger partial charge >= 0.3 is 7.60 Å². The van der Waals surface area contributed by atoms with E-state index in [0.29, 0.717) is 5.13 Å². The van der Waals surface area contributed by atoms with Crippen molar-refractivity contribution in [2.75, 3.05) is 19.5 Å². The van der Waals surface area contributed by atoms with E-state index in [2.05, 4.69) is 26.2 Å². The van der Waals surface area contributed by atoms with Crippen molar-refractivity contribution in [2.24, 2.45) is 0 Å². The molecule has 1 aromatic heterocycles. The molecule has 5 nitrogen and oxygen atoms in total. The highest BCUT2D eigenvalue weighted by molar-refractivity contribution is 9.10. The maximum absolute atomic E-state index is 12.7. The summed E-state index contributed by atoms with van der Waals surface area (Å²) in [5.41, 5.74) is 0.801. The van der Waals surface area contributed by atoms with Crippen molar-refractivity contribution in [3.63, 3.8) is 0 Å². The molecule has 108 valence electrons. The highest BCUT2D eigenvalue weighted by Gasteiger charge is 2.36. The highest BCUT2D eigenvalue weighted by Crippen LogP contribution is 2.59. The summed E-state index contributed by atoms with van der Waals surface area (Å²) in [6, 6.07) is 7.48. The molecule has 1 heterocycles. The van der Waals surface area contributed by atoms with Gasteiger partial charge in [0.25, 0.3) is 0 Å². The van der Waals surface area contributed by atoms with Gasteiger partial charge in [0.05, 0.1) is 0 Å². The number of nitrogens with one attached hydrogen (secondary N) is 1. The molecule has 1 atom stereocenters. The Morgan fingerprint density at radius 3 is 2.45 bits per heavy atom. The van der Waals surface area contributed by atoms with Gasteiger partial charge in [0.15, 0.2) is 10.9 Å². The largest absolute Gasteiger partial charge is 0.356 e. The Labute approximate surface area is 130 Å². The summed E-state index contributed by atoms with van der Waals surface area (Å²) in [4.78, 5) is 4.15. The van der Waals surface area contributed by atoms with E-state index in [9.17, 15) is 4.57 Å². The maximum atomic E-state index is 12.7. The second-order valence-electron chi connectivity index (χ2n) is 3.84. The smallest absolute Gasteiger partial charge is 0.344 e. The van der Waals surface area contributed by atoms with Gasteiger partial charge in [0.1, 0.15) is 0 Å². The fourth-order valence-corrected chi connectivity index (χ4v) is 3.99. The Morgan fingerprint density at radius 2 is 1.95 bits per heavy atom. The van der Waals surface area contributed by atoms with Crippen molar-refractivity contribution < 1.29 is 13.6 Å². The zero-order valence-electron chi connectivity index (χ0n) is 10.9. The van der Waals surface area contributed by atoms with E-state index < -0.39 is 13.4 Å². The number of benzene rings is 1. The molecule has 0 amide bonds. The van der Waals surface area contributed by atoms with Crippen LogP contribution in [0.3, 0.4) is 0 Å². The van der Waals surface area contributed by atoms with E-state index in [0.717, 1.165) is 10.0 Å². The Bertz CT molecular complexity index is 583. The van der Waals surface area contributed by atoms with Gasteiger partial charge in [-0.15, -0.1) is 11.3 Å². The third-order valence-corrected chi connectivity index (χ3v) is 6.01. The van der Waals surface area contributed by atoms with Crippen molar-refractivity contribution in [3.8, 4) is 0 Å². The Morgan fingerprint density at radius 1 is 1.30 bits per heavy atom. The minimum atomic E-state index is -3.33. The summed E-state index contributed by atoms with van der Waals surface area (Å²) in [5, 5.41) is 5.61. The SMILES string of the molecule is COP(=O)(OC)C(Nc1nccs1)c1ccc(Br)cc1. The van der Waals surface area contributed by atoms with Gasteiger partial charge < -0.3 is 14.4 Å². The summed E-state index contributed by atoms with van der Waals surface area (Å²) in [6.07, 6.45) is 1.68. The summed E-state index contributed by atoms with van der Waals surface area (Å²) < 4.78 is 23.9. The Balaban J connectivity index is 2.38. The molecule has 8 heteroatoms. The number of hydrogen-bond acceptors (Lipinski definition) is 6. The first-order valence-electron chi connectivity index (χ1n) is 5.72. The molecule has 0 saturated carbocycles. The van der Waals surface area contributed by atoms with Crippen molar-refractivity contribution in [2.45, 2.75) is 5.78 Å². The maximum Gasteiger partial charge on any atom is 0.356 e. The van der Waals surface area contributed by atoms with Crippen molar-refractivity contribution in [1.29, 1.82) is 0 Å². The molecule has 0 fully saturated rings. The van der Waals surface area contributed by atoms with Gasteiger partial charge in [-0.05, 0) is 17.7 Å². The number of anilines is 1. The molecule has 0 spiro atoms. The summed E-state index contributed by atoms with van der Waals surface area (Å²) in [6.45, 7) is 0. The minimum absolute atomic E-state index is 0.614. The molecule has 0 aliphatic heterocycles. The van der Waals surface area contributed by atoms with Crippen LogP contribution in [0.15, 0.2) is 40.3 Å². The standard InChI is InChI=1S/C12H14BrN2O3PS/c1-17-19(16,18-2)11(15-12-14-7-8-20-12)9-3-5-10(13)6-4-9/h3-8,11H,1-2H3,(H,14,15). The lowest BCUT2D eigenvalue weighted by Gasteiger charge is -2.25. The molecule has 0 aliphatic rings. The normalized spacial score (nSPS) is 13.2. The minimum Gasteiger partial charge on any atom is -0.344 e. The van der Waals surface area contributed by atoms with Gasteiger partial charge in [-0.3, -0.25) is 4.57 Å². The van der Waals surface area contributed by atoms with Crippen LogP contribution in [0.25, 0.3) is 0 Å². The van der Waals surface area contributed by atoms with Gasteiger partial charge in [0, 0.05) is 30.3 Å². The molecule has 1 N–H and O–H groups in total. The monoisotopic (exact) mass is 376 g/mol. The van der Waals surface area contributed by atoms with Crippen LogP contribution in [-0.4, -0.2) is 19.2 Å². The summed E-state index contributed by atoms with van der Waals surface area (Å²) >= 11 is 4.80. The zero-order valence-corrected chi connectivity index (χ0v) is 14.2. The second-order valence-corrected chi connectivity index (χ2v) is 7.98. The molecule has 0 aliphatic carbocycles. The number of thiazole rings is 1. The van der Waals surface area contributed by atoms with Crippen LogP contribution in [0.1, 0.15) is 11.3 Å². The first-order valence-corrected chi connectivity index (χ1v) is 9.00. The molecule has 0 saturated heterocycles. The molecule has 1 aromatic carbocycles. The fraction of sp³-hybridized carbons (Fsp3) is 0.250. The van der Waals surface area contributed by atoms with Crippen LogP contribution in [0.5, 0.6) is 0 Å². The topological polar surface area (TPSA) is 60.5 Å². The molecule has 20 heavy (non-hydrogen) atoms. The average Bonchev–Trinajstić information content (AvgIpc) is 2.98. The molecular formula is C12H14BrN2O3PS. The average molecular weight is 377 g/mol. The molecule has 2 aromatic rings. The van der Waals surface area contributed by atoms with Gasteiger partial charge in [-0.2, -0.15) is 0 Å². The second kappa shape index (κ2) is 6.83.